The molecule has 0 aromatic heterocycles. The fourth-order valence-electron chi connectivity index (χ4n) is 2.94. The molecule has 0 aromatic carbocycles. The first-order chi connectivity index (χ1) is 8.26. The molecule has 102 valence electrons. The van der Waals surface area contributed by atoms with Crippen LogP contribution in [0.2, 0.25) is 0 Å². The molecule has 0 saturated heterocycles. The minimum Gasteiger partial charge on any atom is -0.313 e. The Morgan fingerprint density at radius 2 is 1.76 bits per heavy atom. The van der Waals surface area contributed by atoms with Crippen molar-refractivity contribution in [2.75, 3.05) is 26.2 Å². The van der Waals surface area contributed by atoms with E-state index < -0.39 is 0 Å². The molecule has 1 unspecified atom stereocenters. The van der Waals surface area contributed by atoms with Crippen molar-refractivity contribution in [3.8, 4) is 0 Å². The molecule has 1 atom stereocenters. The van der Waals surface area contributed by atoms with Gasteiger partial charge in [-0.3, -0.25) is 0 Å². The number of likely N-dealkylation sites (N-methyl/N-ethyl adjacent to an activating group) is 1. The van der Waals surface area contributed by atoms with Crippen LogP contribution in [0.5, 0.6) is 0 Å². The molecule has 1 aliphatic carbocycles. The van der Waals surface area contributed by atoms with Gasteiger partial charge in [-0.2, -0.15) is 0 Å². The summed E-state index contributed by atoms with van der Waals surface area (Å²) in [7, 11) is 0. The van der Waals surface area contributed by atoms with Crippen LogP contribution >= 0.6 is 0 Å². The molecule has 0 radical (unpaired) electrons. The van der Waals surface area contributed by atoms with Crippen LogP contribution in [0.25, 0.3) is 0 Å². The first-order valence-electron chi connectivity index (χ1n) is 7.72. The average molecular weight is 240 g/mol. The molecule has 2 nitrogen and oxygen atoms in total. The highest BCUT2D eigenvalue weighted by atomic mass is 15.1. The van der Waals surface area contributed by atoms with Crippen LogP contribution < -0.4 is 5.32 Å². The molecule has 1 rings (SSSR count). The Morgan fingerprint density at radius 3 is 2.35 bits per heavy atom. The predicted octanol–water partition coefficient (Wildman–Crippen LogP) is 3.28. The third kappa shape index (κ3) is 6.42. The van der Waals surface area contributed by atoms with Crippen molar-refractivity contribution in [1.82, 2.24) is 10.2 Å². The zero-order valence-corrected chi connectivity index (χ0v) is 12.2. The van der Waals surface area contributed by atoms with Crippen molar-refractivity contribution < 1.29 is 0 Å². The highest BCUT2D eigenvalue weighted by molar-refractivity contribution is 4.70. The lowest BCUT2D eigenvalue weighted by atomic mass is 9.87. The minimum atomic E-state index is 0.637. The number of nitrogens with one attached hydrogen (secondary N) is 1. The fourth-order valence-corrected chi connectivity index (χ4v) is 2.94. The standard InChI is InChI=1S/C15H32N2/c1-4-17(5-2)13-14(3)16-12-11-15-9-7-6-8-10-15/h14-16H,4-13H2,1-3H3. The van der Waals surface area contributed by atoms with Crippen molar-refractivity contribution in [2.24, 2.45) is 5.92 Å². The Morgan fingerprint density at radius 1 is 1.12 bits per heavy atom. The molecule has 0 amide bonds. The van der Waals surface area contributed by atoms with Crippen LogP contribution in [-0.4, -0.2) is 37.1 Å². The zero-order valence-electron chi connectivity index (χ0n) is 12.2. The third-order valence-electron chi connectivity index (χ3n) is 4.20. The van der Waals surface area contributed by atoms with Gasteiger partial charge in [0.1, 0.15) is 0 Å². The van der Waals surface area contributed by atoms with Crippen molar-refractivity contribution in [3.05, 3.63) is 0 Å². The summed E-state index contributed by atoms with van der Waals surface area (Å²) in [6.45, 7) is 11.6. The Hall–Kier alpha value is -0.0800. The maximum atomic E-state index is 3.69. The molecule has 0 spiro atoms. The number of hydrogen-bond donors (Lipinski definition) is 1. The lowest BCUT2D eigenvalue weighted by Gasteiger charge is -2.25. The maximum absolute atomic E-state index is 3.69. The molecule has 0 aliphatic heterocycles. The molecule has 0 aromatic rings. The van der Waals surface area contributed by atoms with Gasteiger partial charge in [0.05, 0.1) is 0 Å². The Labute approximate surface area is 108 Å². The van der Waals surface area contributed by atoms with Crippen LogP contribution in [0.4, 0.5) is 0 Å². The van der Waals surface area contributed by atoms with Gasteiger partial charge in [-0.1, -0.05) is 46.0 Å². The Bertz CT molecular complexity index is 172. The summed E-state index contributed by atoms with van der Waals surface area (Å²) < 4.78 is 0. The smallest absolute Gasteiger partial charge is 0.0166 e. The van der Waals surface area contributed by atoms with E-state index in [4.69, 9.17) is 0 Å². The first kappa shape index (κ1) is 15.0. The van der Waals surface area contributed by atoms with Gasteiger partial charge in [0.25, 0.3) is 0 Å². The summed E-state index contributed by atoms with van der Waals surface area (Å²) in [6.07, 6.45) is 8.77. The Kier molecular flexibility index (Phi) is 7.87. The van der Waals surface area contributed by atoms with E-state index in [-0.39, 0.29) is 0 Å². The molecule has 1 N–H and O–H groups in total. The van der Waals surface area contributed by atoms with E-state index >= 15 is 0 Å². The molecule has 0 bridgehead atoms. The second-order valence-electron chi connectivity index (χ2n) is 5.63. The van der Waals surface area contributed by atoms with E-state index in [9.17, 15) is 0 Å². The van der Waals surface area contributed by atoms with Gasteiger partial charge < -0.3 is 10.2 Å². The van der Waals surface area contributed by atoms with Gasteiger partial charge in [0.15, 0.2) is 0 Å². The van der Waals surface area contributed by atoms with E-state index in [1.807, 2.05) is 0 Å². The molecule has 1 fully saturated rings. The lowest BCUT2D eigenvalue weighted by Crippen LogP contribution is -2.39. The summed E-state index contributed by atoms with van der Waals surface area (Å²) >= 11 is 0. The average Bonchev–Trinajstić information content (AvgIpc) is 2.37. The molecule has 1 aliphatic rings. The summed E-state index contributed by atoms with van der Waals surface area (Å²) in [4.78, 5) is 2.50. The van der Waals surface area contributed by atoms with Crippen LogP contribution in [0.15, 0.2) is 0 Å². The van der Waals surface area contributed by atoms with Crippen molar-refractivity contribution in [3.63, 3.8) is 0 Å². The number of rotatable bonds is 8. The molecule has 17 heavy (non-hydrogen) atoms. The number of hydrogen-bond acceptors (Lipinski definition) is 2. The molecular weight excluding hydrogens is 208 g/mol. The van der Waals surface area contributed by atoms with Gasteiger partial charge in [0.2, 0.25) is 0 Å². The first-order valence-corrected chi connectivity index (χ1v) is 7.72. The van der Waals surface area contributed by atoms with E-state index in [1.54, 1.807) is 0 Å². The van der Waals surface area contributed by atoms with Crippen LogP contribution in [-0.2, 0) is 0 Å². The van der Waals surface area contributed by atoms with Gasteiger partial charge >= 0.3 is 0 Å². The second kappa shape index (κ2) is 8.93. The highest BCUT2D eigenvalue weighted by Gasteiger charge is 2.13. The van der Waals surface area contributed by atoms with E-state index in [0.29, 0.717) is 6.04 Å². The lowest BCUT2D eigenvalue weighted by molar-refractivity contribution is 0.264. The van der Waals surface area contributed by atoms with Crippen LogP contribution in [0, 0.1) is 5.92 Å². The fraction of sp³-hybridized carbons (Fsp3) is 1.00. The summed E-state index contributed by atoms with van der Waals surface area (Å²) in [5.74, 6) is 1.01. The van der Waals surface area contributed by atoms with E-state index in [2.05, 4.69) is 31.0 Å². The van der Waals surface area contributed by atoms with Gasteiger partial charge in [-0.05, 0) is 38.9 Å². The SMILES string of the molecule is CCN(CC)CC(C)NCCC1CCCCC1. The molecular formula is C15H32N2. The molecule has 2 heteroatoms. The predicted molar refractivity (Wildman–Crippen MR) is 76.4 cm³/mol. The van der Waals surface area contributed by atoms with Crippen molar-refractivity contribution in [1.29, 1.82) is 0 Å². The highest BCUT2D eigenvalue weighted by Crippen LogP contribution is 2.25. The molecule has 0 heterocycles. The second-order valence-corrected chi connectivity index (χ2v) is 5.63. The normalized spacial score (nSPS) is 19.8. The molecule has 1 saturated carbocycles. The van der Waals surface area contributed by atoms with Crippen molar-refractivity contribution >= 4 is 0 Å². The monoisotopic (exact) mass is 240 g/mol. The van der Waals surface area contributed by atoms with Crippen LogP contribution in [0.3, 0.4) is 0 Å². The number of nitrogens with zero attached hydrogens (tertiary/aromatic N) is 1. The van der Waals surface area contributed by atoms with Gasteiger partial charge in [-0.15, -0.1) is 0 Å². The maximum Gasteiger partial charge on any atom is 0.0166 e. The zero-order chi connectivity index (χ0) is 12.5. The van der Waals surface area contributed by atoms with Crippen molar-refractivity contribution in [2.45, 2.75) is 65.3 Å². The summed E-state index contributed by atoms with van der Waals surface area (Å²) in [5, 5.41) is 3.69. The topological polar surface area (TPSA) is 15.3 Å². The van der Waals surface area contributed by atoms with E-state index in [0.717, 1.165) is 5.92 Å². The minimum absolute atomic E-state index is 0.637. The third-order valence-corrected chi connectivity index (χ3v) is 4.20. The summed E-state index contributed by atoms with van der Waals surface area (Å²) in [5.41, 5.74) is 0. The van der Waals surface area contributed by atoms with E-state index in [1.165, 1.54) is 64.7 Å². The van der Waals surface area contributed by atoms with Crippen LogP contribution in [0.1, 0.15) is 59.3 Å². The summed E-state index contributed by atoms with van der Waals surface area (Å²) in [6, 6.07) is 0.637. The largest absolute Gasteiger partial charge is 0.313 e. The Balaban J connectivity index is 2.04. The quantitative estimate of drug-likeness (QED) is 0.700. The van der Waals surface area contributed by atoms with Gasteiger partial charge in [-0.25, -0.2) is 0 Å². The van der Waals surface area contributed by atoms with Gasteiger partial charge in [0, 0.05) is 12.6 Å².